The molecule has 96 valence electrons. The number of carboxylic acids is 1. The highest BCUT2D eigenvalue weighted by molar-refractivity contribution is 5.67. The van der Waals surface area contributed by atoms with E-state index < -0.39 is 5.97 Å². The molecule has 1 rings (SSSR count). The highest BCUT2D eigenvalue weighted by Gasteiger charge is 1.95. The van der Waals surface area contributed by atoms with Gasteiger partial charge in [0.2, 0.25) is 0 Å². The lowest BCUT2D eigenvalue weighted by molar-refractivity contribution is -0.137. The molecule has 0 amide bonds. The van der Waals surface area contributed by atoms with Crippen LogP contribution in [0.15, 0.2) is 36.4 Å². The molecule has 0 aromatic heterocycles. The summed E-state index contributed by atoms with van der Waals surface area (Å²) in [5, 5.41) is 8.54. The molecule has 0 saturated carbocycles. The minimum atomic E-state index is -0.727. The largest absolute Gasteiger partial charge is 0.481 e. The predicted octanol–water partition coefficient (Wildman–Crippen LogP) is 4.38. The fourth-order valence-corrected chi connectivity index (χ4v) is 1.64. The molecule has 1 aromatic rings. The molecule has 0 aliphatic heterocycles. The summed E-state index contributed by atoms with van der Waals surface area (Å²) >= 11 is 0. The topological polar surface area (TPSA) is 37.3 Å². The maximum atomic E-state index is 10.4. The van der Waals surface area contributed by atoms with Gasteiger partial charge in [0.15, 0.2) is 0 Å². The van der Waals surface area contributed by atoms with E-state index in [9.17, 15) is 4.79 Å². The minimum Gasteiger partial charge on any atom is -0.481 e. The van der Waals surface area contributed by atoms with Crippen molar-refractivity contribution in [3.63, 3.8) is 0 Å². The van der Waals surface area contributed by atoms with Gasteiger partial charge in [0.1, 0.15) is 0 Å². The van der Waals surface area contributed by atoms with Crippen LogP contribution in [0, 0.1) is 0 Å². The monoisotopic (exact) mass is 244 g/mol. The molecule has 0 aliphatic rings. The third kappa shape index (κ3) is 5.48. The average molecular weight is 244 g/mol. The van der Waals surface area contributed by atoms with E-state index in [-0.39, 0.29) is 6.42 Å². The number of hydrogen-bond donors (Lipinski definition) is 1. The third-order valence-electron chi connectivity index (χ3n) is 2.59. The molecular weight excluding hydrogens is 224 g/mol. The molecule has 18 heavy (non-hydrogen) atoms. The highest BCUT2D eigenvalue weighted by Crippen LogP contribution is 2.13. The van der Waals surface area contributed by atoms with E-state index in [4.69, 9.17) is 5.11 Å². The van der Waals surface area contributed by atoms with Gasteiger partial charge in [0.05, 0.1) is 0 Å². The average Bonchev–Trinajstić information content (AvgIpc) is 2.36. The van der Waals surface area contributed by atoms with Crippen molar-refractivity contribution < 1.29 is 9.90 Å². The summed E-state index contributed by atoms with van der Waals surface area (Å²) < 4.78 is 0. The van der Waals surface area contributed by atoms with Gasteiger partial charge in [0.25, 0.3) is 0 Å². The minimum absolute atomic E-state index is 0.238. The molecule has 0 unspecified atom stereocenters. The van der Waals surface area contributed by atoms with Gasteiger partial charge in [0, 0.05) is 6.42 Å². The molecule has 0 atom stereocenters. The second-order valence-corrected chi connectivity index (χ2v) is 4.13. The van der Waals surface area contributed by atoms with Gasteiger partial charge < -0.3 is 5.11 Å². The standard InChI is InChI=1S/C16H20O2/c1-2-3-9-14-11-7-8-12-15(14)10-5-4-6-13-16(17)18/h3,5,7-12H,2,4,6,13H2,1H3,(H,17,18)/b9-3-,10-5+. The fraction of sp³-hybridized carbons (Fsp3) is 0.312. The van der Waals surface area contributed by atoms with E-state index in [1.807, 2.05) is 18.2 Å². The van der Waals surface area contributed by atoms with Crippen LogP contribution in [0.2, 0.25) is 0 Å². The van der Waals surface area contributed by atoms with Crippen molar-refractivity contribution in [2.75, 3.05) is 0 Å². The van der Waals surface area contributed by atoms with Crippen molar-refractivity contribution in [1.29, 1.82) is 0 Å². The van der Waals surface area contributed by atoms with Crippen LogP contribution in [-0.2, 0) is 4.79 Å². The molecule has 0 spiro atoms. The number of carbonyl (C=O) groups is 1. The van der Waals surface area contributed by atoms with Gasteiger partial charge in [-0.2, -0.15) is 0 Å². The molecule has 0 fully saturated rings. The zero-order valence-corrected chi connectivity index (χ0v) is 10.8. The first-order valence-electron chi connectivity index (χ1n) is 6.38. The van der Waals surface area contributed by atoms with Crippen LogP contribution in [0.25, 0.3) is 12.2 Å². The Morgan fingerprint density at radius 3 is 2.33 bits per heavy atom. The lowest BCUT2D eigenvalue weighted by Crippen LogP contribution is -1.92. The smallest absolute Gasteiger partial charge is 0.303 e. The van der Waals surface area contributed by atoms with Crippen LogP contribution < -0.4 is 0 Å². The molecule has 2 heteroatoms. The molecule has 1 N–H and O–H groups in total. The Morgan fingerprint density at radius 1 is 1.17 bits per heavy atom. The van der Waals surface area contributed by atoms with Crippen molar-refractivity contribution in [2.45, 2.75) is 32.6 Å². The van der Waals surface area contributed by atoms with E-state index >= 15 is 0 Å². The maximum absolute atomic E-state index is 10.4. The van der Waals surface area contributed by atoms with Crippen LogP contribution >= 0.6 is 0 Å². The zero-order valence-electron chi connectivity index (χ0n) is 10.8. The molecule has 0 radical (unpaired) electrons. The quantitative estimate of drug-likeness (QED) is 0.723. The highest BCUT2D eigenvalue weighted by atomic mass is 16.4. The third-order valence-corrected chi connectivity index (χ3v) is 2.59. The Bertz CT molecular complexity index is 430. The fourth-order valence-electron chi connectivity index (χ4n) is 1.64. The van der Waals surface area contributed by atoms with Gasteiger partial charge in [-0.1, -0.05) is 55.5 Å². The van der Waals surface area contributed by atoms with Gasteiger partial charge in [-0.15, -0.1) is 0 Å². The number of unbranched alkanes of at least 4 members (excludes halogenated alkanes) is 1. The predicted molar refractivity (Wildman–Crippen MR) is 76.3 cm³/mol. The molecule has 2 nitrogen and oxygen atoms in total. The Kier molecular flexibility index (Phi) is 6.55. The number of benzene rings is 1. The zero-order chi connectivity index (χ0) is 13.2. The van der Waals surface area contributed by atoms with E-state index in [1.165, 1.54) is 11.1 Å². The van der Waals surface area contributed by atoms with Crippen LogP contribution in [0.3, 0.4) is 0 Å². The number of carboxylic acid groups (broad SMARTS) is 1. The molecule has 0 aliphatic carbocycles. The normalized spacial score (nSPS) is 11.4. The summed E-state index contributed by atoms with van der Waals surface area (Å²) in [6.07, 6.45) is 11.1. The number of aliphatic carboxylic acids is 1. The first kappa shape index (κ1) is 14.2. The van der Waals surface area contributed by atoms with E-state index in [1.54, 1.807) is 0 Å². The first-order valence-corrected chi connectivity index (χ1v) is 6.38. The van der Waals surface area contributed by atoms with Gasteiger partial charge in [-0.25, -0.2) is 0 Å². The second kappa shape index (κ2) is 8.29. The van der Waals surface area contributed by atoms with Crippen LogP contribution in [-0.4, -0.2) is 11.1 Å². The molecular formula is C16H20O2. The maximum Gasteiger partial charge on any atom is 0.303 e. The van der Waals surface area contributed by atoms with Crippen molar-refractivity contribution in [3.05, 3.63) is 47.5 Å². The summed E-state index contributed by atoms with van der Waals surface area (Å²) in [6, 6.07) is 8.20. The van der Waals surface area contributed by atoms with Gasteiger partial charge in [-0.3, -0.25) is 4.79 Å². The summed E-state index contributed by atoms with van der Waals surface area (Å²) in [7, 11) is 0. The van der Waals surface area contributed by atoms with Crippen molar-refractivity contribution in [3.8, 4) is 0 Å². The number of hydrogen-bond acceptors (Lipinski definition) is 1. The van der Waals surface area contributed by atoms with Crippen molar-refractivity contribution in [2.24, 2.45) is 0 Å². The van der Waals surface area contributed by atoms with Gasteiger partial charge >= 0.3 is 5.97 Å². The first-order chi connectivity index (χ1) is 8.74. The van der Waals surface area contributed by atoms with Crippen LogP contribution in [0.5, 0.6) is 0 Å². The van der Waals surface area contributed by atoms with Gasteiger partial charge in [-0.05, 0) is 30.4 Å². The molecule has 0 saturated heterocycles. The number of allylic oxidation sites excluding steroid dienone is 2. The van der Waals surface area contributed by atoms with Crippen LogP contribution in [0.1, 0.15) is 43.7 Å². The molecule has 0 heterocycles. The lowest BCUT2D eigenvalue weighted by Gasteiger charge is -2.00. The lowest BCUT2D eigenvalue weighted by atomic mass is 10.1. The Labute approximate surface area is 109 Å². The Hall–Kier alpha value is -1.83. The molecule has 1 aromatic carbocycles. The summed E-state index contributed by atoms with van der Waals surface area (Å²) in [4.78, 5) is 10.4. The summed E-state index contributed by atoms with van der Waals surface area (Å²) in [5.41, 5.74) is 2.38. The van der Waals surface area contributed by atoms with Crippen molar-refractivity contribution >= 4 is 18.1 Å². The number of rotatable bonds is 7. The van der Waals surface area contributed by atoms with E-state index in [0.717, 1.165) is 12.8 Å². The Morgan fingerprint density at radius 2 is 1.78 bits per heavy atom. The SMILES string of the molecule is CC/C=C\c1ccccc1/C=C/CCCC(=O)O. The van der Waals surface area contributed by atoms with E-state index in [0.29, 0.717) is 6.42 Å². The Balaban J connectivity index is 2.57. The van der Waals surface area contributed by atoms with Crippen LogP contribution in [0.4, 0.5) is 0 Å². The summed E-state index contributed by atoms with van der Waals surface area (Å²) in [5.74, 6) is -0.727. The second-order valence-electron chi connectivity index (χ2n) is 4.13. The molecule has 0 bridgehead atoms. The van der Waals surface area contributed by atoms with E-state index in [2.05, 4.69) is 37.3 Å². The summed E-state index contributed by atoms with van der Waals surface area (Å²) in [6.45, 7) is 2.11. The van der Waals surface area contributed by atoms with Crippen molar-refractivity contribution in [1.82, 2.24) is 0 Å².